The lowest BCUT2D eigenvalue weighted by Crippen LogP contribution is -2.63. The van der Waals surface area contributed by atoms with Crippen LogP contribution in [0.3, 0.4) is 0 Å². The lowest BCUT2D eigenvalue weighted by Gasteiger charge is -2.39. The first-order valence-corrected chi connectivity index (χ1v) is 6.82. The van der Waals surface area contributed by atoms with Crippen LogP contribution in [-0.2, 0) is 9.59 Å². The molecular weight excluding hydrogens is 230 g/mol. The van der Waals surface area contributed by atoms with Gasteiger partial charge in [0.25, 0.3) is 0 Å². The second-order valence-corrected chi connectivity index (χ2v) is 5.89. The van der Waals surface area contributed by atoms with Gasteiger partial charge < -0.3 is 16.0 Å². The van der Waals surface area contributed by atoms with E-state index in [2.05, 4.69) is 19.2 Å². The summed E-state index contributed by atoms with van der Waals surface area (Å²) in [5, 5.41) is 3.29. The van der Waals surface area contributed by atoms with E-state index in [1.165, 1.54) is 0 Å². The number of rotatable bonds is 4. The van der Waals surface area contributed by atoms with Crippen LogP contribution in [-0.4, -0.2) is 41.4 Å². The Hall–Kier alpha value is -1.10. The number of amides is 2. The molecule has 2 saturated heterocycles. The number of piperidine rings is 1. The van der Waals surface area contributed by atoms with Crippen molar-refractivity contribution in [1.29, 1.82) is 0 Å². The molecule has 0 bridgehead atoms. The number of nitrogens with one attached hydrogen (secondary N) is 1. The topological polar surface area (TPSA) is 75.4 Å². The molecule has 2 amide bonds. The van der Waals surface area contributed by atoms with Crippen LogP contribution in [0.25, 0.3) is 0 Å². The lowest BCUT2D eigenvalue weighted by atomic mass is 9.84. The van der Waals surface area contributed by atoms with Crippen molar-refractivity contribution in [2.24, 2.45) is 11.7 Å². The monoisotopic (exact) mass is 253 g/mol. The average Bonchev–Trinajstić information content (AvgIpc) is 2.62. The predicted molar refractivity (Wildman–Crippen MR) is 68.7 cm³/mol. The van der Waals surface area contributed by atoms with Gasteiger partial charge in [0, 0.05) is 6.54 Å². The van der Waals surface area contributed by atoms with E-state index >= 15 is 0 Å². The second kappa shape index (κ2) is 4.88. The van der Waals surface area contributed by atoms with E-state index in [-0.39, 0.29) is 24.3 Å². The molecule has 102 valence electrons. The summed E-state index contributed by atoms with van der Waals surface area (Å²) in [7, 11) is 0. The minimum atomic E-state index is -0.845. The maximum absolute atomic E-state index is 12.1. The van der Waals surface area contributed by atoms with Gasteiger partial charge in [-0.3, -0.25) is 9.59 Å². The van der Waals surface area contributed by atoms with Crippen molar-refractivity contribution in [1.82, 2.24) is 10.2 Å². The van der Waals surface area contributed by atoms with Gasteiger partial charge in [0.1, 0.15) is 5.54 Å². The smallest absolute Gasteiger partial charge is 0.240 e. The van der Waals surface area contributed by atoms with Crippen molar-refractivity contribution in [2.45, 2.75) is 51.1 Å². The number of carbonyl (C=O) groups excluding carboxylic acids is 2. The number of nitrogens with zero attached hydrogens (tertiary/aromatic N) is 1. The summed E-state index contributed by atoms with van der Waals surface area (Å²) < 4.78 is 0. The standard InChI is InChI=1S/C13H23N3O2/c1-9(2)8-15-13(12(14)18)7-11(17)16-6-4-3-5-10(13)16/h9-10,15H,3-8H2,1-2H3,(H2,14,18). The Morgan fingerprint density at radius 3 is 2.89 bits per heavy atom. The zero-order valence-electron chi connectivity index (χ0n) is 11.2. The fourth-order valence-electron chi connectivity index (χ4n) is 3.11. The van der Waals surface area contributed by atoms with Gasteiger partial charge in [-0.25, -0.2) is 0 Å². The van der Waals surface area contributed by atoms with E-state index in [1.807, 2.05) is 4.90 Å². The van der Waals surface area contributed by atoms with Crippen LogP contribution in [0.2, 0.25) is 0 Å². The molecule has 2 aliphatic heterocycles. The first-order valence-electron chi connectivity index (χ1n) is 6.82. The van der Waals surface area contributed by atoms with Crippen LogP contribution in [0, 0.1) is 5.92 Å². The normalized spacial score (nSPS) is 31.8. The van der Waals surface area contributed by atoms with Gasteiger partial charge in [0.15, 0.2) is 0 Å². The van der Waals surface area contributed by atoms with Crippen molar-refractivity contribution in [2.75, 3.05) is 13.1 Å². The molecule has 18 heavy (non-hydrogen) atoms. The van der Waals surface area contributed by atoms with Crippen molar-refractivity contribution in [3.05, 3.63) is 0 Å². The summed E-state index contributed by atoms with van der Waals surface area (Å²) in [4.78, 5) is 25.8. The Kier molecular flexibility index (Phi) is 3.61. The summed E-state index contributed by atoms with van der Waals surface area (Å²) in [6.07, 6.45) is 3.19. The third kappa shape index (κ3) is 2.11. The molecule has 0 aliphatic carbocycles. The van der Waals surface area contributed by atoms with E-state index < -0.39 is 5.54 Å². The van der Waals surface area contributed by atoms with Crippen LogP contribution in [0.15, 0.2) is 0 Å². The van der Waals surface area contributed by atoms with Crippen LogP contribution in [0.1, 0.15) is 39.5 Å². The number of hydrogen-bond acceptors (Lipinski definition) is 3. The summed E-state index contributed by atoms with van der Waals surface area (Å²) in [6, 6.07) is -0.0463. The molecule has 5 nitrogen and oxygen atoms in total. The van der Waals surface area contributed by atoms with E-state index in [4.69, 9.17) is 5.73 Å². The van der Waals surface area contributed by atoms with Gasteiger partial charge >= 0.3 is 0 Å². The lowest BCUT2D eigenvalue weighted by molar-refractivity contribution is -0.129. The molecule has 0 aromatic heterocycles. The molecule has 0 radical (unpaired) electrons. The van der Waals surface area contributed by atoms with E-state index in [9.17, 15) is 9.59 Å². The maximum Gasteiger partial charge on any atom is 0.240 e. The zero-order chi connectivity index (χ0) is 13.3. The van der Waals surface area contributed by atoms with Crippen LogP contribution in [0.5, 0.6) is 0 Å². The fourth-order valence-corrected chi connectivity index (χ4v) is 3.11. The molecule has 2 atom stereocenters. The number of carbonyl (C=O) groups is 2. The highest BCUT2D eigenvalue weighted by atomic mass is 16.2. The molecule has 0 spiro atoms. The molecular formula is C13H23N3O2. The Balaban J connectivity index is 2.23. The van der Waals surface area contributed by atoms with E-state index in [1.54, 1.807) is 0 Å². The molecule has 2 fully saturated rings. The van der Waals surface area contributed by atoms with Crippen molar-refractivity contribution in [3.63, 3.8) is 0 Å². The molecule has 0 saturated carbocycles. The molecule has 5 heteroatoms. The van der Waals surface area contributed by atoms with Gasteiger partial charge in [-0.2, -0.15) is 0 Å². The van der Waals surface area contributed by atoms with Gasteiger partial charge in [0.05, 0.1) is 12.5 Å². The highest BCUT2D eigenvalue weighted by molar-refractivity contribution is 5.96. The van der Waals surface area contributed by atoms with E-state index in [0.717, 1.165) is 25.8 Å². The second-order valence-electron chi connectivity index (χ2n) is 5.89. The fraction of sp³-hybridized carbons (Fsp3) is 0.846. The van der Waals surface area contributed by atoms with Crippen molar-refractivity contribution in [3.8, 4) is 0 Å². The summed E-state index contributed by atoms with van der Waals surface area (Å²) in [6.45, 7) is 5.64. The highest BCUT2D eigenvalue weighted by Crippen LogP contribution is 2.36. The minimum absolute atomic E-state index is 0.0463. The average molecular weight is 253 g/mol. The summed E-state index contributed by atoms with van der Waals surface area (Å²) >= 11 is 0. The van der Waals surface area contributed by atoms with Gasteiger partial charge in [-0.15, -0.1) is 0 Å². The van der Waals surface area contributed by atoms with Crippen molar-refractivity contribution >= 4 is 11.8 Å². The van der Waals surface area contributed by atoms with Crippen LogP contribution >= 0.6 is 0 Å². The summed E-state index contributed by atoms with van der Waals surface area (Å²) in [5.41, 5.74) is 4.76. The first-order chi connectivity index (χ1) is 8.47. The van der Waals surface area contributed by atoms with E-state index in [0.29, 0.717) is 12.5 Å². The van der Waals surface area contributed by atoms with Crippen LogP contribution in [0.4, 0.5) is 0 Å². The predicted octanol–water partition coefficient (Wildman–Crippen LogP) is 0.241. The molecule has 3 N–H and O–H groups in total. The van der Waals surface area contributed by atoms with Crippen molar-refractivity contribution < 1.29 is 9.59 Å². The Bertz CT molecular complexity index is 356. The first kappa shape index (κ1) is 13.3. The number of fused-ring (bicyclic) bond motifs is 1. The molecule has 0 aromatic carbocycles. The molecule has 2 rings (SSSR count). The molecule has 0 aromatic rings. The maximum atomic E-state index is 12.1. The Morgan fingerprint density at radius 1 is 1.56 bits per heavy atom. The Morgan fingerprint density at radius 2 is 2.28 bits per heavy atom. The van der Waals surface area contributed by atoms with Crippen LogP contribution < -0.4 is 11.1 Å². The number of primary amides is 1. The SMILES string of the molecule is CC(C)CNC1(C(N)=O)CC(=O)N2CCCCC21. The third-order valence-electron chi connectivity index (χ3n) is 4.09. The number of hydrogen-bond donors (Lipinski definition) is 2. The largest absolute Gasteiger partial charge is 0.368 e. The summed E-state index contributed by atoms with van der Waals surface area (Å²) in [5.74, 6) is 0.106. The quantitative estimate of drug-likeness (QED) is 0.753. The number of nitrogens with two attached hydrogens (primary N) is 1. The van der Waals surface area contributed by atoms with Gasteiger partial charge in [-0.1, -0.05) is 13.8 Å². The zero-order valence-corrected chi connectivity index (χ0v) is 11.2. The third-order valence-corrected chi connectivity index (χ3v) is 4.09. The minimum Gasteiger partial charge on any atom is -0.368 e. The van der Waals surface area contributed by atoms with Gasteiger partial charge in [0.2, 0.25) is 11.8 Å². The Labute approximate surface area is 108 Å². The molecule has 2 aliphatic rings. The highest BCUT2D eigenvalue weighted by Gasteiger charge is 2.55. The van der Waals surface area contributed by atoms with Gasteiger partial charge in [-0.05, 0) is 31.7 Å². The molecule has 2 unspecified atom stereocenters. The molecule has 2 heterocycles.